The van der Waals surface area contributed by atoms with Gasteiger partial charge in [-0.3, -0.25) is 9.35 Å². The maximum atomic E-state index is 10.8. The fourth-order valence-corrected chi connectivity index (χ4v) is 2.79. The first-order valence-electron chi connectivity index (χ1n) is 8.98. The quantitative estimate of drug-likeness (QED) is 0.396. The maximum absolute atomic E-state index is 10.8. The highest BCUT2D eigenvalue weighted by molar-refractivity contribution is 7.85. The monoisotopic (exact) mass is 439 g/mol. The molecule has 0 aliphatic rings. The number of hydrogen-bond acceptors (Lipinski definition) is 5. The van der Waals surface area contributed by atoms with E-state index in [1.165, 1.54) is 19.4 Å². The molecule has 8 heteroatoms. The molecule has 30 heavy (non-hydrogen) atoms. The maximum Gasteiger partial charge on any atom is 0.330 e. The second-order valence-electron chi connectivity index (χ2n) is 7.66. The first-order valence-corrected chi connectivity index (χ1v) is 10.6. The fourth-order valence-electron chi connectivity index (χ4n) is 1.81. The van der Waals surface area contributed by atoms with E-state index in [4.69, 9.17) is 9.29 Å². The SMILES string of the molecule is C=CC(=O)NC(C)(C)CS(=O)(=O)O.C=CC(=O)OC(C)(C)C.C=Cc1ccccc1. The third-order valence-electron chi connectivity index (χ3n) is 2.80. The lowest BCUT2D eigenvalue weighted by atomic mass is 10.1. The first kappa shape index (κ1) is 29.5. The number of carbonyl (C=O) groups excluding carboxylic acids is 2. The minimum absolute atomic E-state index is 0.373. The summed E-state index contributed by atoms with van der Waals surface area (Å²) >= 11 is 0. The predicted molar refractivity (Wildman–Crippen MR) is 121 cm³/mol. The number of esters is 1. The lowest BCUT2D eigenvalue weighted by Gasteiger charge is -2.23. The van der Waals surface area contributed by atoms with E-state index < -0.39 is 32.9 Å². The van der Waals surface area contributed by atoms with E-state index >= 15 is 0 Å². The second kappa shape index (κ2) is 13.5. The van der Waals surface area contributed by atoms with Crippen molar-refractivity contribution in [2.45, 2.75) is 45.8 Å². The van der Waals surface area contributed by atoms with Crippen molar-refractivity contribution >= 4 is 28.1 Å². The van der Waals surface area contributed by atoms with Crippen molar-refractivity contribution in [3.05, 3.63) is 67.8 Å². The Labute approximate surface area is 180 Å². The molecule has 0 unspecified atom stereocenters. The zero-order valence-corrected chi connectivity index (χ0v) is 19.2. The molecule has 0 bridgehead atoms. The predicted octanol–water partition coefficient (Wildman–Crippen LogP) is 3.80. The number of rotatable bonds is 6. The third-order valence-corrected chi connectivity index (χ3v) is 3.89. The summed E-state index contributed by atoms with van der Waals surface area (Å²) in [6.07, 6.45) is 4.02. The molecule has 168 valence electrons. The van der Waals surface area contributed by atoms with Gasteiger partial charge in [0.05, 0.1) is 11.3 Å². The van der Waals surface area contributed by atoms with Crippen LogP contribution < -0.4 is 5.32 Å². The smallest absolute Gasteiger partial charge is 0.330 e. The Bertz CT molecular complexity index is 806. The molecule has 0 spiro atoms. The lowest BCUT2D eigenvalue weighted by molar-refractivity contribution is -0.148. The van der Waals surface area contributed by atoms with E-state index in [-0.39, 0.29) is 5.97 Å². The molecule has 0 fully saturated rings. The van der Waals surface area contributed by atoms with E-state index in [9.17, 15) is 18.0 Å². The molecule has 0 saturated carbocycles. The summed E-state index contributed by atoms with van der Waals surface area (Å²) in [5.41, 5.74) is -0.225. The summed E-state index contributed by atoms with van der Waals surface area (Å²) in [6, 6.07) is 10.0. The standard InChI is InChI=1S/C8H8.C7H13NO4S.C7H12O2/c1-2-8-6-4-3-5-7-8;1-4-6(9)8-7(2,3)5-13(10,11)12;1-5-6(8)9-7(2,3)4/h2-7H,1H2;4H,1,5H2,2-3H3,(H,8,9)(H,10,11,12);5H,1H2,2-4H3. The normalized spacial score (nSPS) is 10.7. The molecule has 2 N–H and O–H groups in total. The van der Waals surface area contributed by atoms with Crippen LogP contribution in [-0.2, 0) is 24.4 Å². The van der Waals surface area contributed by atoms with Crippen molar-refractivity contribution in [2.75, 3.05) is 5.75 Å². The molecular formula is C22H33NO6S. The first-order chi connectivity index (χ1) is 13.5. The number of hydrogen-bond donors (Lipinski definition) is 2. The minimum atomic E-state index is -4.08. The number of ether oxygens (including phenoxy) is 1. The molecule has 1 aromatic rings. The van der Waals surface area contributed by atoms with E-state index in [2.05, 4.69) is 25.1 Å². The Balaban J connectivity index is 0. The highest BCUT2D eigenvalue weighted by atomic mass is 32.2. The average Bonchev–Trinajstić information content (AvgIpc) is 2.59. The van der Waals surface area contributed by atoms with Crippen LogP contribution in [0.15, 0.2) is 62.2 Å². The molecule has 0 saturated heterocycles. The zero-order valence-electron chi connectivity index (χ0n) is 18.3. The van der Waals surface area contributed by atoms with Gasteiger partial charge in [0.25, 0.3) is 10.1 Å². The molecule has 1 amide bonds. The van der Waals surface area contributed by atoms with Crippen LogP contribution in [-0.4, -0.2) is 41.7 Å². The second-order valence-corrected chi connectivity index (χ2v) is 9.11. The highest BCUT2D eigenvalue weighted by Crippen LogP contribution is 2.06. The van der Waals surface area contributed by atoms with Gasteiger partial charge in [-0.25, -0.2) is 4.79 Å². The van der Waals surface area contributed by atoms with Crippen LogP contribution in [0.4, 0.5) is 0 Å². The minimum Gasteiger partial charge on any atom is -0.457 e. The number of amides is 1. The van der Waals surface area contributed by atoms with Gasteiger partial charge in [-0.2, -0.15) is 8.42 Å². The molecule has 0 atom stereocenters. The van der Waals surface area contributed by atoms with E-state index in [0.717, 1.165) is 12.2 Å². The van der Waals surface area contributed by atoms with Crippen molar-refractivity contribution in [1.29, 1.82) is 0 Å². The Hall–Kier alpha value is -2.71. The van der Waals surface area contributed by atoms with E-state index in [0.29, 0.717) is 0 Å². The summed E-state index contributed by atoms with van der Waals surface area (Å²) in [7, 11) is -4.08. The Kier molecular flexibility index (Phi) is 13.3. The molecule has 0 aromatic heterocycles. The molecule has 1 rings (SSSR count). The van der Waals surface area contributed by atoms with E-state index in [1.807, 2.05) is 57.2 Å². The average molecular weight is 440 g/mol. The Morgan fingerprint density at radius 3 is 1.80 bits per heavy atom. The largest absolute Gasteiger partial charge is 0.457 e. The topological polar surface area (TPSA) is 110 Å². The van der Waals surface area contributed by atoms with Crippen LogP contribution in [0.1, 0.15) is 40.2 Å². The number of nitrogens with one attached hydrogen (secondary N) is 1. The van der Waals surface area contributed by atoms with Gasteiger partial charge in [0, 0.05) is 6.08 Å². The van der Waals surface area contributed by atoms with Gasteiger partial charge in [0.1, 0.15) is 5.60 Å². The van der Waals surface area contributed by atoms with Gasteiger partial charge >= 0.3 is 5.97 Å². The van der Waals surface area contributed by atoms with Gasteiger partial charge in [0.2, 0.25) is 5.91 Å². The van der Waals surface area contributed by atoms with Crippen LogP contribution in [0, 0.1) is 0 Å². The summed E-state index contributed by atoms with van der Waals surface area (Å²) < 4.78 is 34.4. The van der Waals surface area contributed by atoms with Crippen molar-refractivity contribution in [3.8, 4) is 0 Å². The summed E-state index contributed by atoms with van der Waals surface area (Å²) in [4.78, 5) is 21.3. The molecule has 0 heterocycles. The lowest BCUT2D eigenvalue weighted by Crippen LogP contribution is -2.47. The molecule has 7 nitrogen and oxygen atoms in total. The van der Waals surface area contributed by atoms with Crippen LogP contribution in [0.25, 0.3) is 6.08 Å². The summed E-state index contributed by atoms with van der Waals surface area (Å²) in [5, 5.41) is 2.37. The summed E-state index contributed by atoms with van der Waals surface area (Å²) in [5.74, 6) is -1.38. The van der Waals surface area contributed by atoms with Crippen LogP contribution in [0.5, 0.6) is 0 Å². The van der Waals surface area contributed by atoms with Crippen molar-refractivity contribution in [1.82, 2.24) is 5.32 Å². The fraction of sp³-hybridized carbons (Fsp3) is 0.364. The van der Waals surface area contributed by atoms with Crippen LogP contribution in [0.3, 0.4) is 0 Å². The Morgan fingerprint density at radius 2 is 1.53 bits per heavy atom. The van der Waals surface area contributed by atoms with Gasteiger partial charge in [0.15, 0.2) is 0 Å². The number of benzene rings is 1. The van der Waals surface area contributed by atoms with Crippen LogP contribution in [0.2, 0.25) is 0 Å². The van der Waals surface area contributed by atoms with Crippen molar-refractivity contribution in [3.63, 3.8) is 0 Å². The van der Waals surface area contributed by atoms with Crippen LogP contribution >= 0.6 is 0 Å². The van der Waals surface area contributed by atoms with Gasteiger partial charge in [-0.1, -0.05) is 56.1 Å². The Morgan fingerprint density at radius 1 is 1.03 bits per heavy atom. The van der Waals surface area contributed by atoms with Gasteiger partial charge < -0.3 is 10.1 Å². The molecule has 1 aromatic carbocycles. The number of carbonyl (C=O) groups is 2. The van der Waals surface area contributed by atoms with Crippen molar-refractivity contribution < 1.29 is 27.3 Å². The third kappa shape index (κ3) is 20.0. The highest BCUT2D eigenvalue weighted by Gasteiger charge is 2.25. The zero-order chi connectivity index (χ0) is 24.0. The van der Waals surface area contributed by atoms with Crippen molar-refractivity contribution in [2.24, 2.45) is 0 Å². The molecule has 0 aliphatic carbocycles. The molecular weight excluding hydrogens is 406 g/mol. The molecule has 0 radical (unpaired) electrons. The van der Waals surface area contributed by atoms with Gasteiger partial charge in [-0.15, -0.1) is 0 Å². The molecule has 0 aliphatic heterocycles. The van der Waals surface area contributed by atoms with E-state index in [1.54, 1.807) is 0 Å². The van der Waals surface area contributed by atoms with Gasteiger partial charge in [-0.05, 0) is 46.3 Å². The summed E-state index contributed by atoms with van der Waals surface area (Å²) in [6.45, 7) is 18.5.